The van der Waals surface area contributed by atoms with Gasteiger partial charge in [-0.2, -0.15) is 0 Å². The van der Waals surface area contributed by atoms with Crippen molar-refractivity contribution < 1.29 is 9.59 Å². The summed E-state index contributed by atoms with van der Waals surface area (Å²) in [5.41, 5.74) is -0.239. The Morgan fingerprint density at radius 2 is 2.00 bits per heavy atom. The number of aldehydes is 1. The normalized spacial score (nSPS) is 25.6. The summed E-state index contributed by atoms with van der Waals surface area (Å²) in [4.78, 5) is 23.8. The number of hydrogen-bond donors (Lipinski definition) is 0. The van der Waals surface area contributed by atoms with Gasteiger partial charge >= 0.3 is 0 Å². The third-order valence-corrected chi connectivity index (χ3v) is 3.92. The second-order valence-electron chi connectivity index (χ2n) is 5.38. The van der Waals surface area contributed by atoms with E-state index in [2.05, 4.69) is 20.4 Å². The first kappa shape index (κ1) is 13.9. The van der Waals surface area contributed by atoms with Crippen molar-refractivity contribution in [3.63, 3.8) is 0 Å². The topological polar surface area (TPSA) is 34.1 Å². The molecule has 0 amide bonds. The van der Waals surface area contributed by atoms with Gasteiger partial charge in [0.1, 0.15) is 6.29 Å². The first-order valence-corrected chi connectivity index (χ1v) is 6.29. The lowest BCUT2D eigenvalue weighted by Crippen LogP contribution is -2.36. The highest BCUT2D eigenvalue weighted by Gasteiger charge is 2.40. The molecular weight excluding hydrogens is 212 g/mol. The molecule has 0 bridgehead atoms. The first-order chi connectivity index (χ1) is 7.94. The highest BCUT2D eigenvalue weighted by Crippen LogP contribution is 2.36. The standard InChI is InChI=1S/C15H22O2/c1-11(2)12(3)13(4)14(17)15(10-16)8-6-5-7-9-15/h5-6,10-12H,4,7-9H2,1-3H3. The third-order valence-electron chi connectivity index (χ3n) is 3.92. The summed E-state index contributed by atoms with van der Waals surface area (Å²) in [6.07, 6.45) is 6.74. The minimum Gasteiger partial charge on any atom is -0.302 e. The van der Waals surface area contributed by atoms with Gasteiger partial charge in [0.25, 0.3) is 0 Å². The molecule has 2 nitrogen and oxygen atoms in total. The number of carbonyl (C=O) groups excluding carboxylic acids is 2. The van der Waals surface area contributed by atoms with E-state index >= 15 is 0 Å². The Kier molecular flexibility index (Phi) is 4.44. The SMILES string of the molecule is C=C(C(=O)C1(C=O)CC=CCC1)C(C)C(C)C. The second-order valence-corrected chi connectivity index (χ2v) is 5.38. The molecule has 0 N–H and O–H groups in total. The molecule has 0 heterocycles. The van der Waals surface area contributed by atoms with Gasteiger partial charge in [-0.25, -0.2) is 0 Å². The molecule has 17 heavy (non-hydrogen) atoms. The highest BCUT2D eigenvalue weighted by molar-refractivity contribution is 6.08. The lowest BCUT2D eigenvalue weighted by atomic mass is 9.70. The van der Waals surface area contributed by atoms with Crippen LogP contribution in [0, 0.1) is 17.3 Å². The van der Waals surface area contributed by atoms with Crippen LogP contribution in [-0.4, -0.2) is 12.1 Å². The molecule has 0 aromatic heterocycles. The Bertz CT molecular complexity index is 352. The highest BCUT2D eigenvalue weighted by atomic mass is 16.1. The van der Waals surface area contributed by atoms with E-state index in [-0.39, 0.29) is 11.7 Å². The lowest BCUT2D eigenvalue weighted by Gasteiger charge is -2.30. The zero-order valence-corrected chi connectivity index (χ0v) is 11.0. The molecule has 0 radical (unpaired) electrons. The number of ketones is 1. The predicted molar refractivity (Wildman–Crippen MR) is 69.6 cm³/mol. The maximum atomic E-state index is 12.4. The molecule has 0 saturated carbocycles. The predicted octanol–water partition coefficient (Wildman–Crippen LogP) is 3.33. The molecule has 0 fully saturated rings. The van der Waals surface area contributed by atoms with Gasteiger partial charge in [-0.1, -0.05) is 39.5 Å². The van der Waals surface area contributed by atoms with Gasteiger partial charge in [-0.05, 0) is 36.7 Å². The van der Waals surface area contributed by atoms with Crippen molar-refractivity contribution in [2.24, 2.45) is 17.3 Å². The van der Waals surface area contributed by atoms with E-state index in [0.29, 0.717) is 24.3 Å². The van der Waals surface area contributed by atoms with Crippen LogP contribution in [0.1, 0.15) is 40.0 Å². The number of Topliss-reactive ketones (excluding diaryl/α,β-unsaturated/α-hetero) is 1. The molecule has 94 valence electrons. The van der Waals surface area contributed by atoms with E-state index < -0.39 is 5.41 Å². The van der Waals surface area contributed by atoms with E-state index in [1.165, 1.54) is 0 Å². The smallest absolute Gasteiger partial charge is 0.172 e. The Hall–Kier alpha value is -1.18. The van der Waals surface area contributed by atoms with Crippen LogP contribution >= 0.6 is 0 Å². The zero-order chi connectivity index (χ0) is 13.1. The van der Waals surface area contributed by atoms with Gasteiger partial charge in [0.2, 0.25) is 0 Å². The molecule has 0 spiro atoms. The summed E-state index contributed by atoms with van der Waals surface area (Å²) in [5, 5.41) is 0. The Labute approximate surface area is 104 Å². The summed E-state index contributed by atoms with van der Waals surface area (Å²) in [7, 11) is 0. The van der Waals surface area contributed by atoms with Crippen LogP contribution in [0.25, 0.3) is 0 Å². The molecule has 2 unspecified atom stereocenters. The van der Waals surface area contributed by atoms with Crippen molar-refractivity contribution in [1.29, 1.82) is 0 Å². The summed E-state index contributed by atoms with van der Waals surface area (Å²) < 4.78 is 0. The fourth-order valence-corrected chi connectivity index (χ4v) is 2.15. The minimum atomic E-state index is -0.838. The van der Waals surface area contributed by atoms with E-state index in [1.807, 2.05) is 19.1 Å². The second kappa shape index (κ2) is 5.44. The Balaban J connectivity index is 2.90. The van der Waals surface area contributed by atoms with Crippen LogP contribution in [0.5, 0.6) is 0 Å². The van der Waals surface area contributed by atoms with Crippen LogP contribution in [0.2, 0.25) is 0 Å². The van der Waals surface area contributed by atoms with E-state index in [0.717, 1.165) is 12.7 Å². The van der Waals surface area contributed by atoms with Crippen LogP contribution in [0.15, 0.2) is 24.3 Å². The summed E-state index contributed by atoms with van der Waals surface area (Å²) >= 11 is 0. The van der Waals surface area contributed by atoms with Gasteiger partial charge in [0, 0.05) is 0 Å². The van der Waals surface area contributed by atoms with Crippen molar-refractivity contribution in [2.45, 2.75) is 40.0 Å². The van der Waals surface area contributed by atoms with Crippen molar-refractivity contribution in [3.05, 3.63) is 24.3 Å². The Morgan fingerprint density at radius 3 is 2.41 bits per heavy atom. The molecule has 2 heteroatoms. The molecule has 1 rings (SSSR count). The number of rotatable bonds is 5. The first-order valence-electron chi connectivity index (χ1n) is 6.29. The largest absolute Gasteiger partial charge is 0.302 e. The monoisotopic (exact) mass is 234 g/mol. The molecule has 0 saturated heterocycles. The van der Waals surface area contributed by atoms with Gasteiger partial charge in [-0.3, -0.25) is 4.79 Å². The van der Waals surface area contributed by atoms with Crippen LogP contribution < -0.4 is 0 Å². The summed E-state index contributed by atoms with van der Waals surface area (Å²) in [5.74, 6) is 0.442. The average Bonchev–Trinajstić information content (AvgIpc) is 2.36. The molecule has 1 aliphatic carbocycles. The van der Waals surface area contributed by atoms with E-state index in [1.54, 1.807) is 0 Å². The Morgan fingerprint density at radius 1 is 1.35 bits per heavy atom. The average molecular weight is 234 g/mol. The molecule has 0 aromatic rings. The summed E-state index contributed by atoms with van der Waals surface area (Å²) in [6, 6.07) is 0. The quantitative estimate of drug-likeness (QED) is 0.316. The lowest BCUT2D eigenvalue weighted by molar-refractivity contribution is -0.132. The molecule has 2 atom stereocenters. The van der Waals surface area contributed by atoms with Crippen molar-refractivity contribution in [3.8, 4) is 0 Å². The zero-order valence-electron chi connectivity index (χ0n) is 11.0. The molecule has 0 aliphatic heterocycles. The fraction of sp³-hybridized carbons (Fsp3) is 0.600. The van der Waals surface area contributed by atoms with E-state index in [9.17, 15) is 9.59 Å². The molecular formula is C15H22O2. The number of hydrogen-bond acceptors (Lipinski definition) is 2. The third kappa shape index (κ3) is 2.74. The molecule has 1 aliphatic rings. The van der Waals surface area contributed by atoms with Crippen LogP contribution in [0.4, 0.5) is 0 Å². The van der Waals surface area contributed by atoms with Crippen molar-refractivity contribution >= 4 is 12.1 Å². The molecule has 0 aromatic carbocycles. The fourth-order valence-electron chi connectivity index (χ4n) is 2.15. The van der Waals surface area contributed by atoms with Crippen molar-refractivity contribution in [2.75, 3.05) is 0 Å². The van der Waals surface area contributed by atoms with Crippen LogP contribution in [0.3, 0.4) is 0 Å². The van der Waals surface area contributed by atoms with Gasteiger partial charge in [-0.15, -0.1) is 0 Å². The minimum absolute atomic E-state index is 0.0574. The van der Waals surface area contributed by atoms with Gasteiger partial charge < -0.3 is 4.79 Å². The van der Waals surface area contributed by atoms with Gasteiger partial charge in [0.05, 0.1) is 5.41 Å². The van der Waals surface area contributed by atoms with Gasteiger partial charge in [0.15, 0.2) is 5.78 Å². The van der Waals surface area contributed by atoms with Crippen LogP contribution in [-0.2, 0) is 9.59 Å². The van der Waals surface area contributed by atoms with Crippen molar-refractivity contribution in [1.82, 2.24) is 0 Å². The summed E-state index contributed by atoms with van der Waals surface area (Å²) in [6.45, 7) is 10.0. The number of carbonyl (C=O) groups is 2. The maximum absolute atomic E-state index is 12.4. The maximum Gasteiger partial charge on any atom is 0.172 e. The van der Waals surface area contributed by atoms with E-state index in [4.69, 9.17) is 0 Å². The number of allylic oxidation sites excluding steroid dienone is 3.